The van der Waals surface area contributed by atoms with Gasteiger partial charge in [-0.05, 0) is 20.9 Å². The highest BCUT2D eigenvalue weighted by molar-refractivity contribution is 7.89. The highest BCUT2D eigenvalue weighted by Gasteiger charge is 2.12. The molecule has 2 N–H and O–H groups in total. The molecule has 92 valence electrons. The van der Waals surface area contributed by atoms with E-state index >= 15 is 0 Å². The van der Waals surface area contributed by atoms with Gasteiger partial charge in [0.25, 0.3) is 0 Å². The summed E-state index contributed by atoms with van der Waals surface area (Å²) in [6, 6.07) is 0. The fraction of sp³-hybridized carbons (Fsp3) is 0.667. The largest absolute Gasteiger partial charge is 0.444 e. The molecule has 0 radical (unpaired) electrons. The summed E-state index contributed by atoms with van der Waals surface area (Å²) >= 11 is 0. The molecule has 0 bridgehead atoms. The van der Waals surface area contributed by atoms with Crippen LogP contribution in [0.1, 0.15) is 17.3 Å². The zero-order valence-corrected chi connectivity index (χ0v) is 10.5. The Morgan fingerprint density at radius 3 is 2.56 bits per heavy atom. The van der Waals surface area contributed by atoms with Gasteiger partial charge in [-0.3, -0.25) is 0 Å². The summed E-state index contributed by atoms with van der Waals surface area (Å²) in [5, 5.41) is 2.78. The summed E-state index contributed by atoms with van der Waals surface area (Å²) in [6.45, 7) is 4.12. The lowest BCUT2D eigenvalue weighted by molar-refractivity contribution is 0.463. The smallest absolute Gasteiger partial charge is 0.213 e. The van der Waals surface area contributed by atoms with Crippen LogP contribution in [-0.4, -0.2) is 32.7 Å². The third-order valence-electron chi connectivity index (χ3n) is 2.14. The lowest BCUT2D eigenvalue weighted by Crippen LogP contribution is -2.30. The monoisotopic (exact) mass is 247 g/mol. The number of aryl methyl sites for hydroxylation is 2. The van der Waals surface area contributed by atoms with Crippen molar-refractivity contribution in [2.45, 2.75) is 20.4 Å². The van der Waals surface area contributed by atoms with Gasteiger partial charge in [0.15, 0.2) is 0 Å². The molecular weight excluding hydrogens is 230 g/mol. The van der Waals surface area contributed by atoms with Crippen LogP contribution in [0, 0.1) is 13.8 Å². The van der Waals surface area contributed by atoms with Gasteiger partial charge in [-0.25, -0.2) is 18.1 Å². The maximum Gasteiger partial charge on any atom is 0.213 e. The first-order valence-electron chi connectivity index (χ1n) is 4.99. The first-order valence-corrected chi connectivity index (χ1v) is 6.64. The highest BCUT2D eigenvalue weighted by atomic mass is 32.2. The number of nitrogens with zero attached hydrogens (tertiary/aromatic N) is 1. The molecule has 0 saturated carbocycles. The molecule has 1 rings (SSSR count). The predicted octanol–water partition coefficient (Wildman–Crippen LogP) is -0.0698. The molecule has 1 aromatic rings. The summed E-state index contributed by atoms with van der Waals surface area (Å²) in [7, 11) is -1.55. The Kier molecular flexibility index (Phi) is 4.45. The molecule has 7 heteroatoms. The number of hydrogen-bond acceptors (Lipinski definition) is 5. The van der Waals surface area contributed by atoms with Crippen molar-refractivity contribution in [1.82, 2.24) is 15.0 Å². The lowest BCUT2D eigenvalue weighted by Gasteiger charge is -2.03. The summed E-state index contributed by atoms with van der Waals surface area (Å²) in [5.41, 5.74) is 0.782. The number of nitrogens with one attached hydrogen (secondary N) is 2. The molecule has 0 amide bonds. The van der Waals surface area contributed by atoms with E-state index in [0.717, 1.165) is 5.69 Å². The summed E-state index contributed by atoms with van der Waals surface area (Å²) in [5.74, 6) is 1.15. The van der Waals surface area contributed by atoms with Crippen LogP contribution in [0.3, 0.4) is 0 Å². The standard InChI is InChI=1S/C9H17N3O3S/c1-7-8(2)15-9(12-7)6-11-16(13,14)5-4-10-3/h10-11H,4-6H2,1-3H3. The molecular formula is C9H17N3O3S. The van der Waals surface area contributed by atoms with Gasteiger partial charge in [-0.2, -0.15) is 0 Å². The zero-order chi connectivity index (χ0) is 12.2. The van der Waals surface area contributed by atoms with Gasteiger partial charge in [0.2, 0.25) is 15.9 Å². The van der Waals surface area contributed by atoms with Gasteiger partial charge in [0.05, 0.1) is 18.0 Å². The molecule has 0 aromatic carbocycles. The Bertz CT molecular complexity index is 419. The summed E-state index contributed by atoms with van der Waals surface area (Å²) in [6.07, 6.45) is 0. The van der Waals surface area contributed by atoms with E-state index in [1.165, 1.54) is 0 Å². The van der Waals surface area contributed by atoms with E-state index in [1.807, 2.05) is 6.92 Å². The topological polar surface area (TPSA) is 84.2 Å². The predicted molar refractivity (Wildman–Crippen MR) is 60.5 cm³/mol. The first-order chi connectivity index (χ1) is 7.44. The maximum atomic E-state index is 11.4. The Morgan fingerprint density at radius 1 is 1.38 bits per heavy atom. The molecule has 16 heavy (non-hydrogen) atoms. The van der Waals surface area contributed by atoms with Gasteiger partial charge in [0, 0.05) is 6.54 Å². The molecule has 1 aromatic heterocycles. The molecule has 0 fully saturated rings. The van der Waals surface area contributed by atoms with Gasteiger partial charge < -0.3 is 9.73 Å². The number of hydrogen-bond donors (Lipinski definition) is 2. The average molecular weight is 247 g/mol. The lowest BCUT2D eigenvalue weighted by atomic mass is 10.4. The van der Waals surface area contributed by atoms with E-state index in [2.05, 4.69) is 15.0 Å². The first kappa shape index (κ1) is 13.1. The van der Waals surface area contributed by atoms with E-state index in [9.17, 15) is 8.42 Å². The number of aromatic nitrogens is 1. The fourth-order valence-electron chi connectivity index (χ4n) is 1.10. The van der Waals surface area contributed by atoms with E-state index in [-0.39, 0.29) is 12.3 Å². The Labute approximate surface area is 95.5 Å². The molecule has 0 unspecified atom stereocenters. The van der Waals surface area contributed by atoms with Crippen LogP contribution in [0.5, 0.6) is 0 Å². The van der Waals surface area contributed by atoms with Crippen molar-refractivity contribution in [2.75, 3.05) is 19.3 Å². The van der Waals surface area contributed by atoms with Crippen LogP contribution >= 0.6 is 0 Å². The third-order valence-corrected chi connectivity index (χ3v) is 3.46. The van der Waals surface area contributed by atoms with Crippen molar-refractivity contribution in [3.8, 4) is 0 Å². The highest BCUT2D eigenvalue weighted by Crippen LogP contribution is 2.07. The number of rotatable bonds is 6. The molecule has 0 aliphatic rings. The van der Waals surface area contributed by atoms with E-state index < -0.39 is 10.0 Å². The third kappa shape index (κ3) is 3.92. The SMILES string of the molecule is CNCCS(=O)(=O)NCc1nc(C)c(C)o1. The van der Waals surface area contributed by atoms with Crippen LogP contribution < -0.4 is 10.0 Å². The zero-order valence-electron chi connectivity index (χ0n) is 9.70. The maximum absolute atomic E-state index is 11.4. The molecule has 6 nitrogen and oxygen atoms in total. The molecule has 0 aliphatic carbocycles. The molecule has 1 heterocycles. The number of oxazole rings is 1. The Hall–Kier alpha value is -0.920. The second kappa shape index (κ2) is 5.42. The summed E-state index contributed by atoms with van der Waals surface area (Å²) in [4.78, 5) is 4.08. The van der Waals surface area contributed by atoms with E-state index in [0.29, 0.717) is 18.2 Å². The van der Waals surface area contributed by atoms with Crippen LogP contribution in [0.4, 0.5) is 0 Å². The second-order valence-corrected chi connectivity index (χ2v) is 5.42. The van der Waals surface area contributed by atoms with Gasteiger partial charge >= 0.3 is 0 Å². The minimum absolute atomic E-state index is 0.0438. The molecule has 0 aliphatic heterocycles. The average Bonchev–Trinajstić information content (AvgIpc) is 2.53. The van der Waals surface area contributed by atoms with Gasteiger partial charge in [-0.1, -0.05) is 0 Å². The normalized spacial score (nSPS) is 11.9. The Balaban J connectivity index is 2.51. The van der Waals surface area contributed by atoms with Crippen molar-refractivity contribution in [3.63, 3.8) is 0 Å². The van der Waals surface area contributed by atoms with Crippen LogP contribution in [0.25, 0.3) is 0 Å². The quantitative estimate of drug-likeness (QED) is 0.735. The molecule has 0 saturated heterocycles. The van der Waals surface area contributed by atoms with Crippen molar-refractivity contribution < 1.29 is 12.8 Å². The van der Waals surface area contributed by atoms with Crippen molar-refractivity contribution in [2.24, 2.45) is 0 Å². The van der Waals surface area contributed by atoms with Crippen molar-refractivity contribution >= 4 is 10.0 Å². The fourth-order valence-corrected chi connectivity index (χ4v) is 2.06. The van der Waals surface area contributed by atoms with Crippen LogP contribution in [0.2, 0.25) is 0 Å². The molecule has 0 spiro atoms. The van der Waals surface area contributed by atoms with E-state index in [1.54, 1.807) is 14.0 Å². The van der Waals surface area contributed by atoms with Crippen LogP contribution in [-0.2, 0) is 16.6 Å². The minimum Gasteiger partial charge on any atom is -0.444 e. The minimum atomic E-state index is -3.26. The van der Waals surface area contributed by atoms with Crippen molar-refractivity contribution in [3.05, 3.63) is 17.3 Å². The van der Waals surface area contributed by atoms with Gasteiger partial charge in [0.1, 0.15) is 5.76 Å². The van der Waals surface area contributed by atoms with Gasteiger partial charge in [-0.15, -0.1) is 0 Å². The second-order valence-electron chi connectivity index (χ2n) is 3.49. The number of sulfonamides is 1. The van der Waals surface area contributed by atoms with Crippen molar-refractivity contribution in [1.29, 1.82) is 0 Å². The Morgan fingerprint density at radius 2 is 2.06 bits per heavy atom. The van der Waals surface area contributed by atoms with E-state index in [4.69, 9.17) is 4.42 Å². The summed E-state index contributed by atoms with van der Waals surface area (Å²) < 4.78 is 30.6. The molecule has 0 atom stereocenters. The van der Waals surface area contributed by atoms with Crippen LogP contribution in [0.15, 0.2) is 4.42 Å².